The minimum atomic E-state index is 0.00927. The summed E-state index contributed by atoms with van der Waals surface area (Å²) in [5.74, 6) is 0.127. The van der Waals surface area contributed by atoms with E-state index in [0.29, 0.717) is 0 Å². The van der Waals surface area contributed by atoms with E-state index in [1.54, 1.807) is 0 Å². The van der Waals surface area contributed by atoms with Crippen LogP contribution < -0.4 is 10.6 Å². The average molecular weight is 287 g/mol. The first-order valence-electron chi connectivity index (χ1n) is 7.70. The summed E-state index contributed by atoms with van der Waals surface area (Å²) in [5, 5.41) is 6.98. The predicted molar refractivity (Wildman–Crippen MR) is 85.9 cm³/mol. The molecule has 0 radical (unpaired) electrons. The molecule has 1 unspecified atom stereocenters. The lowest BCUT2D eigenvalue weighted by Gasteiger charge is -2.38. The molecule has 21 heavy (non-hydrogen) atoms. The summed E-state index contributed by atoms with van der Waals surface area (Å²) < 4.78 is 0. The van der Waals surface area contributed by atoms with Crippen LogP contribution in [0.3, 0.4) is 0 Å². The van der Waals surface area contributed by atoms with Crippen molar-refractivity contribution in [1.82, 2.24) is 10.2 Å². The highest BCUT2D eigenvalue weighted by Crippen LogP contribution is 2.34. The van der Waals surface area contributed by atoms with Crippen molar-refractivity contribution >= 4 is 11.6 Å². The molecule has 1 atom stereocenters. The van der Waals surface area contributed by atoms with Crippen LogP contribution in [0.25, 0.3) is 0 Å². The van der Waals surface area contributed by atoms with Crippen LogP contribution in [0.5, 0.6) is 0 Å². The van der Waals surface area contributed by atoms with E-state index < -0.39 is 0 Å². The zero-order valence-corrected chi connectivity index (χ0v) is 13.4. The molecule has 2 heterocycles. The van der Waals surface area contributed by atoms with Gasteiger partial charge in [-0.1, -0.05) is 19.9 Å². The molecule has 3 rings (SSSR count). The molecule has 1 fully saturated rings. The topological polar surface area (TPSA) is 44.4 Å². The van der Waals surface area contributed by atoms with Gasteiger partial charge in [0.05, 0.1) is 0 Å². The van der Waals surface area contributed by atoms with Gasteiger partial charge in [-0.25, -0.2) is 0 Å². The Labute approximate surface area is 126 Å². The molecule has 1 amide bonds. The van der Waals surface area contributed by atoms with Gasteiger partial charge < -0.3 is 15.5 Å². The summed E-state index contributed by atoms with van der Waals surface area (Å²) in [6.45, 7) is 9.40. The van der Waals surface area contributed by atoms with Crippen LogP contribution in [-0.4, -0.2) is 43.0 Å². The molecule has 2 N–H and O–H groups in total. The molecule has 114 valence electrons. The minimum Gasteiger partial charge on any atom is -0.379 e. The van der Waals surface area contributed by atoms with Crippen LogP contribution in [0.2, 0.25) is 0 Å². The molecule has 1 saturated heterocycles. The number of hydrogen-bond donors (Lipinski definition) is 2. The van der Waals surface area contributed by atoms with Crippen molar-refractivity contribution < 1.29 is 4.79 Å². The number of nitrogens with zero attached hydrogens (tertiary/aromatic N) is 1. The van der Waals surface area contributed by atoms with Gasteiger partial charge in [0.2, 0.25) is 0 Å². The number of amides is 1. The van der Waals surface area contributed by atoms with E-state index in [1.807, 2.05) is 18.0 Å². The van der Waals surface area contributed by atoms with E-state index in [4.69, 9.17) is 0 Å². The SMILES string of the molecule is CN1CC(C)(C)c2ccc(NC3(C)CCNC3)cc2C1=O. The Morgan fingerprint density at radius 3 is 2.71 bits per heavy atom. The summed E-state index contributed by atoms with van der Waals surface area (Å²) in [6, 6.07) is 6.26. The first-order valence-corrected chi connectivity index (χ1v) is 7.70. The lowest BCUT2D eigenvalue weighted by molar-refractivity contribution is 0.0737. The second-order valence-corrected chi connectivity index (χ2v) is 7.42. The van der Waals surface area contributed by atoms with Crippen molar-refractivity contribution in [3.63, 3.8) is 0 Å². The van der Waals surface area contributed by atoms with Crippen LogP contribution in [0.15, 0.2) is 18.2 Å². The van der Waals surface area contributed by atoms with Gasteiger partial charge in [-0.3, -0.25) is 4.79 Å². The molecule has 4 heteroatoms. The zero-order valence-electron chi connectivity index (χ0n) is 13.4. The van der Waals surface area contributed by atoms with Crippen LogP contribution in [0.1, 0.15) is 43.1 Å². The first-order chi connectivity index (χ1) is 9.81. The van der Waals surface area contributed by atoms with Gasteiger partial charge in [0, 0.05) is 42.3 Å². The Morgan fingerprint density at radius 1 is 1.29 bits per heavy atom. The summed E-state index contributed by atoms with van der Waals surface area (Å²) in [5.41, 5.74) is 3.13. The number of carbonyl (C=O) groups is 1. The molecule has 1 aromatic rings. The van der Waals surface area contributed by atoms with Crippen LogP contribution in [0.4, 0.5) is 5.69 Å². The Hall–Kier alpha value is -1.55. The van der Waals surface area contributed by atoms with Gasteiger partial charge in [0.15, 0.2) is 0 Å². The van der Waals surface area contributed by atoms with Crippen molar-refractivity contribution in [2.24, 2.45) is 0 Å². The Bertz CT molecular complexity index is 573. The number of likely N-dealkylation sites (N-methyl/N-ethyl adjacent to an activating group) is 1. The highest BCUT2D eigenvalue weighted by atomic mass is 16.2. The van der Waals surface area contributed by atoms with E-state index in [0.717, 1.165) is 42.9 Å². The number of anilines is 1. The van der Waals surface area contributed by atoms with E-state index in [2.05, 4.69) is 43.5 Å². The third kappa shape index (κ3) is 2.53. The lowest BCUT2D eigenvalue weighted by Crippen LogP contribution is -2.44. The third-order valence-electron chi connectivity index (χ3n) is 4.77. The zero-order chi connectivity index (χ0) is 15.3. The maximum Gasteiger partial charge on any atom is 0.254 e. The van der Waals surface area contributed by atoms with Crippen molar-refractivity contribution in [3.05, 3.63) is 29.3 Å². The fourth-order valence-corrected chi connectivity index (χ4v) is 3.62. The van der Waals surface area contributed by atoms with Crippen molar-refractivity contribution in [3.8, 4) is 0 Å². The number of rotatable bonds is 2. The normalized spacial score (nSPS) is 27.6. The molecule has 1 aromatic carbocycles. The smallest absolute Gasteiger partial charge is 0.254 e. The number of fused-ring (bicyclic) bond motifs is 1. The first kappa shape index (κ1) is 14.4. The Morgan fingerprint density at radius 2 is 2.05 bits per heavy atom. The quantitative estimate of drug-likeness (QED) is 0.876. The molecule has 0 bridgehead atoms. The summed E-state index contributed by atoms with van der Waals surface area (Å²) >= 11 is 0. The van der Waals surface area contributed by atoms with Gasteiger partial charge in [-0.05, 0) is 37.6 Å². The van der Waals surface area contributed by atoms with Gasteiger partial charge in [0.1, 0.15) is 0 Å². The highest BCUT2D eigenvalue weighted by Gasteiger charge is 2.35. The van der Waals surface area contributed by atoms with Crippen LogP contribution in [-0.2, 0) is 5.41 Å². The van der Waals surface area contributed by atoms with E-state index >= 15 is 0 Å². The molecule has 2 aliphatic rings. The Kier molecular flexibility index (Phi) is 3.24. The predicted octanol–water partition coefficient (Wildman–Crippen LogP) is 2.21. The average Bonchev–Trinajstić information content (AvgIpc) is 2.82. The number of nitrogens with one attached hydrogen (secondary N) is 2. The molecule has 2 aliphatic heterocycles. The molecule has 0 aromatic heterocycles. The minimum absolute atomic E-state index is 0.00927. The Balaban J connectivity index is 1.95. The van der Waals surface area contributed by atoms with Crippen molar-refractivity contribution in [2.75, 3.05) is 32.0 Å². The van der Waals surface area contributed by atoms with Crippen LogP contribution in [0, 0.1) is 0 Å². The largest absolute Gasteiger partial charge is 0.379 e. The molecular formula is C17H25N3O. The summed E-state index contributed by atoms with van der Waals surface area (Å²) in [6.07, 6.45) is 1.10. The molecule has 0 aliphatic carbocycles. The van der Waals surface area contributed by atoms with Crippen molar-refractivity contribution in [1.29, 1.82) is 0 Å². The molecule has 4 nitrogen and oxygen atoms in total. The second-order valence-electron chi connectivity index (χ2n) is 7.42. The lowest BCUT2D eigenvalue weighted by atomic mass is 9.78. The van der Waals surface area contributed by atoms with Gasteiger partial charge in [-0.15, -0.1) is 0 Å². The van der Waals surface area contributed by atoms with Gasteiger partial charge in [0.25, 0.3) is 5.91 Å². The molecule has 0 saturated carbocycles. The summed E-state index contributed by atoms with van der Waals surface area (Å²) in [7, 11) is 1.88. The van der Waals surface area contributed by atoms with Crippen LogP contribution >= 0.6 is 0 Å². The maximum atomic E-state index is 12.5. The van der Waals surface area contributed by atoms with E-state index in [1.165, 1.54) is 0 Å². The van der Waals surface area contributed by atoms with Gasteiger partial charge >= 0.3 is 0 Å². The molecule has 0 spiro atoms. The molecular weight excluding hydrogens is 262 g/mol. The fraction of sp³-hybridized carbons (Fsp3) is 0.588. The van der Waals surface area contributed by atoms with E-state index in [9.17, 15) is 4.79 Å². The third-order valence-corrected chi connectivity index (χ3v) is 4.77. The highest BCUT2D eigenvalue weighted by molar-refractivity contribution is 5.98. The second kappa shape index (κ2) is 4.73. The van der Waals surface area contributed by atoms with Crippen molar-refractivity contribution in [2.45, 2.75) is 38.1 Å². The maximum absolute atomic E-state index is 12.5. The number of benzene rings is 1. The standard InChI is InChI=1S/C17H25N3O/c1-16(2)11-20(4)15(21)13-9-12(5-6-14(13)16)19-17(3)7-8-18-10-17/h5-6,9,18-19H,7-8,10-11H2,1-4H3. The van der Waals surface area contributed by atoms with E-state index in [-0.39, 0.29) is 16.9 Å². The monoisotopic (exact) mass is 287 g/mol. The summed E-state index contributed by atoms with van der Waals surface area (Å²) in [4.78, 5) is 14.3. The number of hydrogen-bond acceptors (Lipinski definition) is 3. The van der Waals surface area contributed by atoms with Gasteiger partial charge in [-0.2, -0.15) is 0 Å². The fourth-order valence-electron chi connectivity index (χ4n) is 3.62. The number of carbonyl (C=O) groups excluding carboxylic acids is 1.